The van der Waals surface area contributed by atoms with E-state index in [9.17, 15) is 14.7 Å². The third-order valence-electron chi connectivity index (χ3n) is 3.57. The van der Waals surface area contributed by atoms with Crippen LogP contribution >= 0.6 is 0 Å². The highest BCUT2D eigenvalue weighted by atomic mass is 28.4. The lowest BCUT2D eigenvalue weighted by molar-refractivity contribution is -0.140. The number of carbonyl (C=O) groups excluding carboxylic acids is 2. The molecule has 0 saturated heterocycles. The van der Waals surface area contributed by atoms with E-state index in [2.05, 4.69) is 5.32 Å². The Hall–Kier alpha value is -1.08. The zero-order chi connectivity index (χ0) is 17.9. The summed E-state index contributed by atoms with van der Waals surface area (Å²) in [6, 6.07) is -1.15. The van der Waals surface area contributed by atoms with E-state index >= 15 is 0 Å². The molecule has 6 nitrogen and oxygen atoms in total. The summed E-state index contributed by atoms with van der Waals surface area (Å²) >= 11 is 0. The van der Waals surface area contributed by atoms with Gasteiger partial charge in [0.25, 0.3) is 8.32 Å². The highest BCUT2D eigenvalue weighted by molar-refractivity contribution is 6.75. The average molecular weight is 334 g/mol. The topological polar surface area (TPSA) is 84.9 Å². The quantitative estimate of drug-likeness (QED) is 0.773. The molecule has 0 bridgehead atoms. The molecule has 2 N–H and O–H groups in total. The molecule has 0 spiro atoms. The van der Waals surface area contributed by atoms with E-state index in [1.54, 1.807) is 20.8 Å². The Labute approximate surface area is 134 Å². The van der Waals surface area contributed by atoms with Crippen LogP contribution in [0.2, 0.25) is 18.1 Å². The Morgan fingerprint density at radius 3 is 1.86 bits per heavy atom. The maximum atomic E-state index is 12.3. The van der Waals surface area contributed by atoms with Crippen LogP contribution in [0, 0.1) is 0 Å². The van der Waals surface area contributed by atoms with Crippen molar-refractivity contribution >= 4 is 20.4 Å². The molecule has 0 radical (unpaired) electrons. The molecule has 0 aliphatic rings. The van der Waals surface area contributed by atoms with Gasteiger partial charge in [0, 0.05) is 0 Å². The van der Waals surface area contributed by atoms with E-state index < -0.39 is 38.1 Å². The van der Waals surface area contributed by atoms with Crippen LogP contribution in [0.1, 0.15) is 48.5 Å². The summed E-state index contributed by atoms with van der Waals surface area (Å²) in [5.41, 5.74) is -0.684. The third kappa shape index (κ3) is 6.78. The third-order valence-corrected chi connectivity index (χ3v) is 7.89. The highest BCUT2D eigenvalue weighted by Crippen LogP contribution is 2.36. The molecule has 0 rings (SSSR count). The highest BCUT2D eigenvalue weighted by Gasteiger charge is 2.42. The van der Waals surface area contributed by atoms with Gasteiger partial charge in [0.1, 0.15) is 5.60 Å². The maximum absolute atomic E-state index is 12.3. The van der Waals surface area contributed by atoms with Crippen LogP contribution in [0.15, 0.2) is 0 Å². The zero-order valence-corrected chi connectivity index (χ0v) is 16.2. The van der Waals surface area contributed by atoms with Gasteiger partial charge in [-0.15, -0.1) is 0 Å². The summed E-state index contributed by atoms with van der Waals surface area (Å²) in [5.74, 6) is -0.632. The number of rotatable bonds is 4. The Morgan fingerprint density at radius 2 is 1.55 bits per heavy atom. The molecule has 0 aliphatic carbocycles. The first kappa shape index (κ1) is 20.9. The Kier molecular flexibility index (Phi) is 6.65. The molecule has 0 aliphatic heterocycles. The molecule has 7 heteroatoms. The van der Waals surface area contributed by atoms with Crippen LogP contribution in [-0.4, -0.2) is 43.2 Å². The van der Waals surface area contributed by atoms with E-state index in [1.165, 1.54) is 6.92 Å². The number of amides is 1. The fourth-order valence-corrected chi connectivity index (χ4v) is 2.22. The molecular formula is C15H31NO5Si. The van der Waals surface area contributed by atoms with Gasteiger partial charge in [-0.1, -0.05) is 20.8 Å². The number of hydrogen-bond donors (Lipinski definition) is 2. The van der Waals surface area contributed by atoms with Crippen molar-refractivity contribution in [3.8, 4) is 0 Å². The van der Waals surface area contributed by atoms with Crippen LogP contribution in [-0.2, 0) is 14.0 Å². The molecule has 0 fully saturated rings. The van der Waals surface area contributed by atoms with Gasteiger partial charge in [-0.3, -0.25) is 4.79 Å². The standard InChI is InChI=1S/C15H31NO5Si/c1-10(17)11(16-13(19)20-14(2,3)4)12(18)21-22(8,9)15(5,6)7/h10-11,17H,1-9H3,(H,16,19)/t10-,11-/m1/s1. The predicted octanol–water partition coefficient (Wildman–Crippen LogP) is 2.81. The van der Waals surface area contributed by atoms with Crippen molar-refractivity contribution in [3.63, 3.8) is 0 Å². The summed E-state index contributed by atoms with van der Waals surface area (Å²) in [6.07, 6.45) is -1.84. The molecular weight excluding hydrogens is 302 g/mol. The minimum atomic E-state index is -2.33. The largest absolute Gasteiger partial charge is 0.518 e. The van der Waals surface area contributed by atoms with Gasteiger partial charge in [0.15, 0.2) is 6.04 Å². The minimum Gasteiger partial charge on any atom is -0.518 e. The fourth-order valence-electron chi connectivity index (χ4n) is 1.28. The van der Waals surface area contributed by atoms with E-state index in [1.807, 2.05) is 33.9 Å². The maximum Gasteiger partial charge on any atom is 0.408 e. The van der Waals surface area contributed by atoms with Gasteiger partial charge in [0.2, 0.25) is 0 Å². The summed E-state index contributed by atoms with van der Waals surface area (Å²) in [4.78, 5) is 24.1. The van der Waals surface area contributed by atoms with Crippen LogP contribution in [0.25, 0.3) is 0 Å². The second-order valence-corrected chi connectivity index (χ2v) is 12.8. The molecule has 0 saturated carbocycles. The van der Waals surface area contributed by atoms with Crippen molar-refractivity contribution in [2.75, 3.05) is 0 Å². The van der Waals surface area contributed by atoms with Crippen LogP contribution < -0.4 is 5.32 Å². The van der Waals surface area contributed by atoms with Crippen molar-refractivity contribution in [2.24, 2.45) is 0 Å². The van der Waals surface area contributed by atoms with E-state index in [4.69, 9.17) is 9.16 Å². The van der Waals surface area contributed by atoms with Gasteiger partial charge >= 0.3 is 12.1 Å². The number of hydrogen-bond acceptors (Lipinski definition) is 5. The Bertz CT molecular complexity index is 407. The Balaban J connectivity index is 4.98. The molecule has 0 aromatic carbocycles. The minimum absolute atomic E-state index is 0.155. The van der Waals surface area contributed by atoms with Gasteiger partial charge in [-0.2, -0.15) is 0 Å². The monoisotopic (exact) mass is 333 g/mol. The normalized spacial score (nSPS) is 15.7. The lowest BCUT2D eigenvalue weighted by Gasteiger charge is -2.37. The number of carbonyl (C=O) groups is 2. The van der Waals surface area contributed by atoms with Gasteiger partial charge in [-0.25, -0.2) is 4.79 Å². The number of alkyl carbamates (subject to hydrolysis) is 1. The number of aliphatic hydroxyl groups excluding tert-OH is 1. The second kappa shape index (κ2) is 7.00. The lowest BCUT2D eigenvalue weighted by atomic mass is 10.2. The van der Waals surface area contributed by atoms with Crippen molar-refractivity contribution in [1.82, 2.24) is 5.32 Å². The van der Waals surface area contributed by atoms with Crippen molar-refractivity contribution in [2.45, 2.75) is 84.3 Å². The average Bonchev–Trinajstić information content (AvgIpc) is 2.20. The second-order valence-electron chi connectivity index (χ2n) is 8.05. The summed E-state index contributed by atoms with van der Waals surface area (Å²) in [5, 5.41) is 12.0. The summed E-state index contributed by atoms with van der Waals surface area (Å²) in [7, 11) is -2.33. The summed E-state index contributed by atoms with van der Waals surface area (Å²) in [6.45, 7) is 16.5. The molecule has 130 valence electrons. The molecule has 0 aromatic heterocycles. The molecule has 22 heavy (non-hydrogen) atoms. The molecule has 0 aromatic rings. The Morgan fingerprint density at radius 1 is 1.09 bits per heavy atom. The van der Waals surface area contributed by atoms with Crippen molar-refractivity contribution in [3.05, 3.63) is 0 Å². The first-order valence-electron chi connectivity index (χ1n) is 7.47. The van der Waals surface area contributed by atoms with Gasteiger partial charge in [0.05, 0.1) is 6.10 Å². The molecule has 2 atom stereocenters. The van der Waals surface area contributed by atoms with E-state index in [0.717, 1.165) is 0 Å². The predicted molar refractivity (Wildman–Crippen MR) is 88.1 cm³/mol. The van der Waals surface area contributed by atoms with Crippen LogP contribution in [0.3, 0.4) is 0 Å². The molecule has 0 unspecified atom stereocenters. The van der Waals surface area contributed by atoms with Gasteiger partial charge in [-0.05, 0) is 45.8 Å². The smallest absolute Gasteiger partial charge is 0.408 e. The van der Waals surface area contributed by atoms with Crippen LogP contribution in [0.4, 0.5) is 4.79 Å². The molecule has 1 amide bonds. The van der Waals surface area contributed by atoms with E-state index in [-0.39, 0.29) is 5.04 Å². The van der Waals surface area contributed by atoms with Crippen LogP contribution in [0.5, 0.6) is 0 Å². The lowest BCUT2D eigenvalue weighted by Crippen LogP contribution is -2.54. The first-order chi connectivity index (χ1) is 9.57. The fraction of sp³-hybridized carbons (Fsp3) is 0.867. The number of aliphatic hydroxyl groups is 1. The van der Waals surface area contributed by atoms with Crippen molar-refractivity contribution < 1.29 is 23.9 Å². The number of nitrogens with one attached hydrogen (secondary N) is 1. The SMILES string of the molecule is C[C@@H](O)[C@@H](NC(=O)OC(C)(C)C)C(=O)O[Si](C)(C)C(C)(C)C. The number of ether oxygens (including phenoxy) is 1. The summed E-state index contributed by atoms with van der Waals surface area (Å²) < 4.78 is 10.7. The van der Waals surface area contributed by atoms with Gasteiger partial charge < -0.3 is 19.6 Å². The molecule has 0 heterocycles. The van der Waals surface area contributed by atoms with Crippen molar-refractivity contribution in [1.29, 1.82) is 0 Å². The zero-order valence-electron chi connectivity index (χ0n) is 15.2. The first-order valence-corrected chi connectivity index (χ1v) is 10.4. The van der Waals surface area contributed by atoms with E-state index in [0.29, 0.717) is 0 Å².